The van der Waals surface area contributed by atoms with Gasteiger partial charge >= 0.3 is 6.36 Å². The number of Topliss-reactive ketones (excluding diaryl/α,β-unsaturated/α-hetero) is 1. The Morgan fingerprint density at radius 1 is 1.27 bits per heavy atom. The predicted molar refractivity (Wildman–Crippen MR) is 107 cm³/mol. The van der Waals surface area contributed by atoms with Gasteiger partial charge in [0.15, 0.2) is 5.78 Å². The second kappa shape index (κ2) is 10.4. The molecule has 3 aliphatic rings. The van der Waals surface area contributed by atoms with Crippen LogP contribution in [-0.4, -0.2) is 77.3 Å². The van der Waals surface area contributed by atoms with Crippen LogP contribution < -0.4 is 10.6 Å². The van der Waals surface area contributed by atoms with Gasteiger partial charge in [0, 0.05) is 18.5 Å². The first-order chi connectivity index (χ1) is 15.5. The van der Waals surface area contributed by atoms with Crippen molar-refractivity contribution < 1.29 is 42.2 Å². The summed E-state index contributed by atoms with van der Waals surface area (Å²) in [6, 6.07) is -2.51. The molecule has 2 saturated heterocycles. The molecular weight excluding hydrogens is 447 g/mol. The molecule has 2 heterocycles. The van der Waals surface area contributed by atoms with Gasteiger partial charge < -0.3 is 20.6 Å². The lowest BCUT2D eigenvalue weighted by molar-refractivity contribution is -0.321. The Kier molecular flexibility index (Phi) is 7.99. The van der Waals surface area contributed by atoms with Crippen LogP contribution >= 0.6 is 0 Å². The number of nitrogens with zero attached hydrogens (tertiary/aromatic N) is 1. The van der Waals surface area contributed by atoms with Crippen LogP contribution in [0.3, 0.4) is 0 Å². The third-order valence-electron chi connectivity index (χ3n) is 6.83. The van der Waals surface area contributed by atoms with Crippen LogP contribution in [-0.2, 0) is 23.9 Å². The fourth-order valence-corrected chi connectivity index (χ4v) is 5.13. The zero-order chi connectivity index (χ0) is 24.3. The molecular formula is C21H30F3N3O6. The maximum Gasteiger partial charge on any atom is 0.522 e. The highest BCUT2D eigenvalue weighted by Crippen LogP contribution is 2.41. The van der Waals surface area contributed by atoms with Crippen LogP contribution in [0.5, 0.6) is 0 Å². The maximum atomic E-state index is 13.2. The van der Waals surface area contributed by atoms with E-state index in [4.69, 9.17) is 0 Å². The number of hydrogen-bond donors (Lipinski definition) is 3. The van der Waals surface area contributed by atoms with E-state index >= 15 is 0 Å². The smallest absolute Gasteiger partial charge is 0.383 e. The van der Waals surface area contributed by atoms with Gasteiger partial charge in [-0.1, -0.05) is 13.3 Å². The minimum atomic E-state index is -5.02. The summed E-state index contributed by atoms with van der Waals surface area (Å²) in [7, 11) is 0. The van der Waals surface area contributed by atoms with Crippen molar-refractivity contribution in [1.82, 2.24) is 15.5 Å². The number of rotatable bonds is 9. The lowest BCUT2D eigenvalue weighted by Gasteiger charge is -2.32. The molecule has 2 unspecified atom stereocenters. The molecule has 186 valence electrons. The summed E-state index contributed by atoms with van der Waals surface area (Å²) in [6.07, 6.45) is -3.12. The number of halogens is 3. The minimum absolute atomic E-state index is 0.0806. The molecule has 1 aliphatic carbocycles. The van der Waals surface area contributed by atoms with Gasteiger partial charge in [0.05, 0.1) is 6.04 Å². The van der Waals surface area contributed by atoms with Crippen molar-refractivity contribution in [1.29, 1.82) is 0 Å². The molecule has 0 aromatic carbocycles. The first-order valence-corrected chi connectivity index (χ1v) is 11.3. The Morgan fingerprint density at radius 2 is 2.00 bits per heavy atom. The molecule has 12 heteroatoms. The highest BCUT2D eigenvalue weighted by Gasteiger charge is 2.50. The summed E-state index contributed by atoms with van der Waals surface area (Å²) < 4.78 is 41.0. The molecule has 2 aliphatic heterocycles. The van der Waals surface area contributed by atoms with Gasteiger partial charge in [-0.05, 0) is 44.4 Å². The molecule has 0 aromatic heterocycles. The summed E-state index contributed by atoms with van der Waals surface area (Å²) in [6.45, 7) is 0.721. The van der Waals surface area contributed by atoms with Crippen LogP contribution in [0.15, 0.2) is 0 Å². The van der Waals surface area contributed by atoms with E-state index < -0.39 is 54.7 Å². The normalized spacial score (nSPS) is 28.9. The van der Waals surface area contributed by atoms with Gasteiger partial charge in [0.1, 0.15) is 18.8 Å². The summed E-state index contributed by atoms with van der Waals surface area (Å²) in [4.78, 5) is 51.8. The maximum absolute atomic E-state index is 13.2. The second-order valence-electron chi connectivity index (χ2n) is 8.95. The molecule has 3 rings (SSSR count). The van der Waals surface area contributed by atoms with Crippen molar-refractivity contribution in [2.24, 2.45) is 11.8 Å². The Hall–Kier alpha value is -2.21. The highest BCUT2D eigenvalue weighted by atomic mass is 19.4. The average molecular weight is 477 g/mol. The Bertz CT molecular complexity index is 777. The molecule has 1 saturated carbocycles. The fraction of sp³-hybridized carbons (Fsp3) is 0.810. The summed E-state index contributed by atoms with van der Waals surface area (Å²) in [5.41, 5.74) is 0. The van der Waals surface area contributed by atoms with Crippen LogP contribution in [0.1, 0.15) is 51.9 Å². The standard InChI is InChI=1S/C21H30F3N3O6/c1-2-16(28)20(32)27-14-5-3-4-11(14)9-15(27)19(31)26-13(8-12-6-7-25-18(12)30)17(29)10-33-21(22,23)24/h11-16,28H,2-10H2,1H3,(H,25,30)(H,26,31)/t11-,12-,13?,14-,15-,16?/m0/s1. The third-order valence-corrected chi connectivity index (χ3v) is 6.83. The van der Waals surface area contributed by atoms with Gasteiger partial charge in [-0.25, -0.2) is 0 Å². The van der Waals surface area contributed by atoms with Gasteiger partial charge in [-0.3, -0.25) is 23.9 Å². The SMILES string of the molecule is CCC(O)C(=O)N1[C@H](C(=O)NC(C[C@@H]2CCNC2=O)C(=O)COC(F)(F)F)C[C@@H]2CCC[C@@H]21. The van der Waals surface area contributed by atoms with Gasteiger partial charge in [-0.2, -0.15) is 0 Å². The Morgan fingerprint density at radius 3 is 2.61 bits per heavy atom. The number of nitrogens with one attached hydrogen (secondary N) is 2. The molecule has 3 N–H and O–H groups in total. The monoisotopic (exact) mass is 477 g/mol. The number of ether oxygens (including phenoxy) is 1. The van der Waals surface area contributed by atoms with Gasteiger partial charge in [0.2, 0.25) is 11.8 Å². The minimum Gasteiger partial charge on any atom is -0.383 e. The van der Waals surface area contributed by atoms with E-state index in [2.05, 4.69) is 15.4 Å². The van der Waals surface area contributed by atoms with Crippen molar-refractivity contribution >= 4 is 23.5 Å². The number of carbonyl (C=O) groups excluding carboxylic acids is 4. The summed E-state index contributed by atoms with van der Waals surface area (Å²) >= 11 is 0. The molecule has 6 atom stereocenters. The zero-order valence-corrected chi connectivity index (χ0v) is 18.4. The number of alkyl halides is 3. The van der Waals surface area contributed by atoms with Crippen LogP contribution in [0.4, 0.5) is 13.2 Å². The summed E-state index contributed by atoms with van der Waals surface area (Å²) in [5.74, 6) is -3.14. The van der Waals surface area contributed by atoms with E-state index in [1.54, 1.807) is 6.92 Å². The topological polar surface area (TPSA) is 125 Å². The number of carbonyl (C=O) groups is 4. The van der Waals surface area contributed by atoms with Crippen LogP contribution in [0, 0.1) is 11.8 Å². The molecule has 3 amide bonds. The number of likely N-dealkylation sites (tertiary alicyclic amines) is 1. The van der Waals surface area contributed by atoms with Crippen molar-refractivity contribution in [2.75, 3.05) is 13.2 Å². The first-order valence-electron chi connectivity index (χ1n) is 11.3. The lowest BCUT2D eigenvalue weighted by Crippen LogP contribution is -2.55. The average Bonchev–Trinajstić information content (AvgIpc) is 3.46. The Labute approximate surface area is 189 Å². The van der Waals surface area contributed by atoms with Crippen molar-refractivity contribution in [3.63, 3.8) is 0 Å². The molecule has 0 aromatic rings. The zero-order valence-electron chi connectivity index (χ0n) is 18.4. The highest BCUT2D eigenvalue weighted by molar-refractivity contribution is 5.95. The Balaban J connectivity index is 1.75. The molecule has 0 radical (unpaired) electrons. The van der Waals surface area contributed by atoms with Crippen molar-refractivity contribution in [2.45, 2.75) is 82.5 Å². The van der Waals surface area contributed by atoms with E-state index in [9.17, 15) is 37.5 Å². The van der Waals surface area contributed by atoms with E-state index in [-0.39, 0.29) is 30.7 Å². The molecule has 33 heavy (non-hydrogen) atoms. The second-order valence-corrected chi connectivity index (χ2v) is 8.95. The number of aliphatic hydroxyl groups excluding tert-OH is 1. The van der Waals surface area contributed by atoms with Gasteiger partial charge in [0.25, 0.3) is 5.91 Å². The van der Waals surface area contributed by atoms with E-state index in [0.29, 0.717) is 25.8 Å². The largest absolute Gasteiger partial charge is 0.522 e. The quantitative estimate of drug-likeness (QED) is 0.448. The predicted octanol–water partition coefficient (Wildman–Crippen LogP) is 0.643. The van der Waals surface area contributed by atoms with E-state index in [1.807, 2.05) is 0 Å². The first kappa shape index (κ1) is 25.4. The number of ketones is 1. The van der Waals surface area contributed by atoms with Crippen molar-refractivity contribution in [3.05, 3.63) is 0 Å². The molecule has 0 spiro atoms. The molecule has 9 nitrogen and oxygen atoms in total. The van der Waals surface area contributed by atoms with Gasteiger partial charge in [-0.15, -0.1) is 13.2 Å². The lowest BCUT2D eigenvalue weighted by atomic mass is 9.95. The van der Waals surface area contributed by atoms with Crippen molar-refractivity contribution in [3.8, 4) is 0 Å². The third kappa shape index (κ3) is 6.03. The number of fused-ring (bicyclic) bond motifs is 1. The van der Waals surface area contributed by atoms with E-state index in [0.717, 1.165) is 12.8 Å². The fourth-order valence-electron chi connectivity index (χ4n) is 5.13. The van der Waals surface area contributed by atoms with Crippen LogP contribution in [0.25, 0.3) is 0 Å². The molecule has 0 bridgehead atoms. The summed E-state index contributed by atoms with van der Waals surface area (Å²) in [5, 5.41) is 15.2. The number of amides is 3. The number of hydrogen-bond acceptors (Lipinski definition) is 6. The van der Waals surface area contributed by atoms with Crippen LogP contribution in [0.2, 0.25) is 0 Å². The van der Waals surface area contributed by atoms with E-state index in [1.165, 1.54) is 4.90 Å². The molecule has 3 fully saturated rings. The number of aliphatic hydroxyl groups is 1.